The predicted molar refractivity (Wildman–Crippen MR) is 112 cm³/mol. The van der Waals surface area contributed by atoms with Gasteiger partial charge < -0.3 is 0 Å². The van der Waals surface area contributed by atoms with Crippen LogP contribution in [0.3, 0.4) is 0 Å². The van der Waals surface area contributed by atoms with Crippen LogP contribution in [0.1, 0.15) is 15.0 Å². The Morgan fingerprint density at radius 2 is 0.852 bits per heavy atom. The summed E-state index contributed by atoms with van der Waals surface area (Å²) in [5.41, 5.74) is 0. The second-order valence-electron chi connectivity index (χ2n) is 6.61. The van der Waals surface area contributed by atoms with Crippen LogP contribution in [-0.2, 0) is 19.6 Å². The lowest BCUT2D eigenvalue weighted by atomic mass is 10.4. The van der Waals surface area contributed by atoms with Crippen LogP contribution >= 0.6 is 34.0 Å². The molecule has 4 heterocycles. The largest absolute Gasteiger partial charge is 0.294 e. The van der Waals surface area contributed by atoms with Crippen LogP contribution < -0.4 is 0 Å². The van der Waals surface area contributed by atoms with Gasteiger partial charge in [0.15, 0.2) is 0 Å². The van der Waals surface area contributed by atoms with Crippen LogP contribution in [0.25, 0.3) is 0 Å². The van der Waals surface area contributed by atoms with Crippen molar-refractivity contribution in [3.05, 3.63) is 49.8 Å². The van der Waals surface area contributed by atoms with Crippen LogP contribution in [0.2, 0.25) is 0 Å². The molecule has 9 heteroatoms. The first kappa shape index (κ1) is 19.1. The van der Waals surface area contributed by atoms with Gasteiger partial charge in [-0.1, -0.05) is 0 Å². The molecular formula is C18H24N6S3. The molecule has 0 radical (unpaired) electrons. The summed E-state index contributed by atoms with van der Waals surface area (Å²) in [6.07, 6.45) is 5.71. The molecule has 3 aromatic rings. The van der Waals surface area contributed by atoms with Crippen molar-refractivity contribution in [3.63, 3.8) is 0 Å². The van der Waals surface area contributed by atoms with Gasteiger partial charge >= 0.3 is 0 Å². The Kier molecular flexibility index (Phi) is 6.94. The summed E-state index contributed by atoms with van der Waals surface area (Å²) < 4.78 is 0. The summed E-state index contributed by atoms with van der Waals surface area (Å²) in [6.45, 7) is 9.21. The summed E-state index contributed by atoms with van der Waals surface area (Å²) in [6, 6.07) is 0. The molecule has 0 atom stereocenters. The smallest absolute Gasteiger partial charge is 0.107 e. The Balaban J connectivity index is 1.43. The van der Waals surface area contributed by atoms with E-state index < -0.39 is 0 Å². The Labute approximate surface area is 172 Å². The fraction of sp³-hybridized carbons (Fsp3) is 0.500. The molecule has 1 aliphatic rings. The number of nitrogens with zero attached hydrogens (tertiary/aromatic N) is 6. The zero-order valence-corrected chi connectivity index (χ0v) is 17.7. The third-order valence-electron chi connectivity index (χ3n) is 4.72. The maximum Gasteiger partial charge on any atom is 0.107 e. The maximum atomic E-state index is 4.48. The Hall–Kier alpha value is -1.23. The Bertz CT molecular complexity index is 642. The fourth-order valence-corrected chi connectivity index (χ4v) is 5.20. The standard InChI is InChI=1S/C18H24N6S3/c1-10-25-16(19-1)13-22-4-6-23(14-17-20-2-11-26-17)8-9-24(7-5-22)15-18-21-3-12-27-18/h1-3,10-12H,4-9,13-15H2. The van der Waals surface area contributed by atoms with E-state index >= 15 is 0 Å². The molecule has 1 saturated heterocycles. The van der Waals surface area contributed by atoms with Crippen molar-refractivity contribution in [2.24, 2.45) is 0 Å². The second kappa shape index (κ2) is 9.81. The SMILES string of the molecule is c1csc(CN2CCN(Cc3nccs3)CCN(Cc3nccs3)CC2)n1. The van der Waals surface area contributed by atoms with Gasteiger partial charge in [-0.25, -0.2) is 15.0 Å². The van der Waals surface area contributed by atoms with Crippen molar-refractivity contribution in [3.8, 4) is 0 Å². The zero-order valence-electron chi connectivity index (χ0n) is 15.2. The summed E-state index contributed by atoms with van der Waals surface area (Å²) in [5, 5.41) is 9.80. The van der Waals surface area contributed by atoms with E-state index in [0.717, 1.165) is 58.9 Å². The average molecular weight is 421 g/mol. The predicted octanol–water partition coefficient (Wildman–Crippen LogP) is 2.88. The van der Waals surface area contributed by atoms with E-state index in [1.807, 2.05) is 18.6 Å². The minimum Gasteiger partial charge on any atom is -0.294 e. The molecule has 0 bridgehead atoms. The van der Waals surface area contributed by atoms with Crippen LogP contribution in [0.5, 0.6) is 0 Å². The normalized spacial score (nSPS) is 18.2. The maximum absolute atomic E-state index is 4.48. The molecule has 0 amide bonds. The summed E-state index contributed by atoms with van der Waals surface area (Å²) in [4.78, 5) is 21.0. The lowest BCUT2D eigenvalue weighted by Gasteiger charge is -2.24. The van der Waals surface area contributed by atoms with Gasteiger partial charge in [-0.05, 0) is 0 Å². The van der Waals surface area contributed by atoms with Gasteiger partial charge in [0, 0.05) is 74.0 Å². The van der Waals surface area contributed by atoms with E-state index in [4.69, 9.17) is 0 Å². The average Bonchev–Trinajstić information content (AvgIpc) is 3.44. The minimum atomic E-state index is 0.938. The van der Waals surface area contributed by atoms with Crippen molar-refractivity contribution in [1.82, 2.24) is 29.7 Å². The topological polar surface area (TPSA) is 48.4 Å². The van der Waals surface area contributed by atoms with Gasteiger partial charge in [0.05, 0.1) is 19.6 Å². The van der Waals surface area contributed by atoms with E-state index in [9.17, 15) is 0 Å². The molecule has 6 nitrogen and oxygen atoms in total. The number of hydrogen-bond donors (Lipinski definition) is 0. The molecule has 3 aromatic heterocycles. The van der Waals surface area contributed by atoms with Gasteiger partial charge in [0.25, 0.3) is 0 Å². The first-order chi connectivity index (χ1) is 13.3. The molecule has 1 fully saturated rings. The van der Waals surface area contributed by atoms with Crippen molar-refractivity contribution in [1.29, 1.82) is 0 Å². The molecule has 0 aliphatic carbocycles. The van der Waals surface area contributed by atoms with Crippen molar-refractivity contribution >= 4 is 34.0 Å². The fourth-order valence-electron chi connectivity index (χ4n) is 3.23. The van der Waals surface area contributed by atoms with Crippen molar-refractivity contribution in [2.75, 3.05) is 39.3 Å². The van der Waals surface area contributed by atoms with E-state index in [1.54, 1.807) is 34.0 Å². The second-order valence-corrected chi connectivity index (χ2v) is 9.54. The van der Waals surface area contributed by atoms with Gasteiger partial charge in [0.1, 0.15) is 15.0 Å². The highest BCUT2D eigenvalue weighted by Crippen LogP contribution is 2.14. The van der Waals surface area contributed by atoms with Crippen LogP contribution in [0.15, 0.2) is 34.7 Å². The molecule has 1 aliphatic heterocycles. The third-order valence-corrected chi connectivity index (χ3v) is 7.02. The van der Waals surface area contributed by atoms with E-state index in [-0.39, 0.29) is 0 Å². The van der Waals surface area contributed by atoms with Crippen LogP contribution in [0, 0.1) is 0 Å². The molecule has 0 unspecified atom stereocenters. The number of thiazole rings is 3. The lowest BCUT2D eigenvalue weighted by molar-refractivity contribution is 0.209. The lowest BCUT2D eigenvalue weighted by Crippen LogP contribution is -2.35. The van der Waals surface area contributed by atoms with Gasteiger partial charge in [-0.3, -0.25) is 14.7 Å². The number of aromatic nitrogens is 3. The van der Waals surface area contributed by atoms with Gasteiger partial charge in [0.2, 0.25) is 0 Å². The summed E-state index contributed by atoms with van der Waals surface area (Å²) >= 11 is 5.24. The van der Waals surface area contributed by atoms with Gasteiger partial charge in [-0.2, -0.15) is 0 Å². The van der Waals surface area contributed by atoms with Gasteiger partial charge in [-0.15, -0.1) is 34.0 Å². The minimum absolute atomic E-state index is 0.938. The zero-order chi connectivity index (χ0) is 18.3. The molecule has 0 saturated carbocycles. The first-order valence-electron chi connectivity index (χ1n) is 9.17. The molecule has 0 spiro atoms. The van der Waals surface area contributed by atoms with Crippen LogP contribution in [-0.4, -0.2) is 68.9 Å². The number of hydrogen-bond acceptors (Lipinski definition) is 9. The molecule has 144 valence electrons. The number of rotatable bonds is 6. The summed E-state index contributed by atoms with van der Waals surface area (Å²) in [7, 11) is 0. The summed E-state index contributed by atoms with van der Waals surface area (Å²) in [5.74, 6) is 0. The monoisotopic (exact) mass is 420 g/mol. The molecule has 0 N–H and O–H groups in total. The van der Waals surface area contributed by atoms with Crippen molar-refractivity contribution < 1.29 is 0 Å². The Morgan fingerprint density at radius 3 is 1.07 bits per heavy atom. The molecule has 0 aromatic carbocycles. The molecule has 27 heavy (non-hydrogen) atoms. The van der Waals surface area contributed by atoms with E-state index in [1.165, 1.54) is 15.0 Å². The van der Waals surface area contributed by atoms with E-state index in [2.05, 4.69) is 45.8 Å². The molecule has 4 rings (SSSR count). The third kappa shape index (κ3) is 5.87. The molecular weight excluding hydrogens is 396 g/mol. The quantitative estimate of drug-likeness (QED) is 0.611. The highest BCUT2D eigenvalue weighted by Gasteiger charge is 2.18. The van der Waals surface area contributed by atoms with Crippen molar-refractivity contribution in [2.45, 2.75) is 19.6 Å². The first-order valence-corrected chi connectivity index (χ1v) is 11.8. The Morgan fingerprint density at radius 1 is 0.556 bits per heavy atom. The van der Waals surface area contributed by atoms with Crippen LogP contribution in [0.4, 0.5) is 0 Å². The highest BCUT2D eigenvalue weighted by molar-refractivity contribution is 7.10. The highest BCUT2D eigenvalue weighted by atomic mass is 32.1. The van der Waals surface area contributed by atoms with E-state index in [0.29, 0.717) is 0 Å².